The van der Waals surface area contributed by atoms with Crippen molar-refractivity contribution in [3.63, 3.8) is 0 Å². The van der Waals surface area contributed by atoms with Crippen molar-refractivity contribution in [2.45, 2.75) is 44.6 Å². The highest BCUT2D eigenvalue weighted by atomic mass is 32.2. The van der Waals surface area contributed by atoms with Crippen molar-refractivity contribution in [2.75, 3.05) is 30.8 Å². The number of amides is 1. The first kappa shape index (κ1) is 19.7. The zero-order valence-electron chi connectivity index (χ0n) is 15.8. The molecule has 0 radical (unpaired) electrons. The third-order valence-corrected chi connectivity index (χ3v) is 6.59. The third kappa shape index (κ3) is 4.43. The van der Waals surface area contributed by atoms with Crippen molar-refractivity contribution >= 4 is 27.6 Å². The van der Waals surface area contributed by atoms with Crippen LogP contribution in [0, 0.1) is 0 Å². The van der Waals surface area contributed by atoms with E-state index in [9.17, 15) is 18.0 Å². The average Bonchev–Trinajstić information content (AvgIpc) is 3.09. The number of likely N-dealkylation sites (N-methyl/N-ethyl adjacent to an activating group) is 1. The molecule has 1 aromatic rings. The van der Waals surface area contributed by atoms with E-state index in [-0.39, 0.29) is 18.6 Å². The largest absolute Gasteiger partial charge is 0.452 e. The molecule has 1 amide bonds. The highest BCUT2D eigenvalue weighted by Crippen LogP contribution is 2.31. The number of esters is 1. The Morgan fingerprint density at radius 1 is 1.22 bits per heavy atom. The van der Waals surface area contributed by atoms with Gasteiger partial charge in [0.15, 0.2) is 6.61 Å². The van der Waals surface area contributed by atoms with E-state index in [0.29, 0.717) is 24.2 Å². The average molecular weight is 394 g/mol. The SMILES string of the molecule is CN(C(=O)COC(=O)c1ccc2c(c1)CCN2S(C)(=O)=O)C1CCCCC1. The molecule has 7 nitrogen and oxygen atoms in total. The van der Waals surface area contributed by atoms with Gasteiger partial charge in [-0.1, -0.05) is 19.3 Å². The van der Waals surface area contributed by atoms with Crippen LogP contribution in [0.5, 0.6) is 0 Å². The molecule has 1 heterocycles. The van der Waals surface area contributed by atoms with Crippen molar-refractivity contribution in [3.05, 3.63) is 29.3 Å². The molecule has 2 aliphatic rings. The zero-order chi connectivity index (χ0) is 19.6. The maximum Gasteiger partial charge on any atom is 0.338 e. The minimum Gasteiger partial charge on any atom is -0.452 e. The number of fused-ring (bicyclic) bond motifs is 1. The Bertz CT molecular complexity index is 831. The molecule has 0 saturated heterocycles. The van der Waals surface area contributed by atoms with Gasteiger partial charge in [-0.3, -0.25) is 9.10 Å². The molecule has 0 N–H and O–H groups in total. The number of ether oxygens (including phenoxy) is 1. The van der Waals surface area contributed by atoms with E-state index >= 15 is 0 Å². The van der Waals surface area contributed by atoms with Crippen LogP contribution in [0.15, 0.2) is 18.2 Å². The molecule has 148 valence electrons. The van der Waals surface area contributed by atoms with Crippen LogP contribution in [0.1, 0.15) is 48.0 Å². The minimum atomic E-state index is -3.32. The first-order valence-electron chi connectivity index (χ1n) is 9.31. The summed E-state index contributed by atoms with van der Waals surface area (Å²) in [5.41, 5.74) is 1.72. The van der Waals surface area contributed by atoms with Gasteiger partial charge in [0, 0.05) is 19.6 Å². The van der Waals surface area contributed by atoms with Crippen LogP contribution in [-0.4, -0.2) is 57.7 Å². The van der Waals surface area contributed by atoms with Gasteiger partial charge >= 0.3 is 5.97 Å². The molecule has 1 aliphatic carbocycles. The van der Waals surface area contributed by atoms with Crippen LogP contribution in [0.2, 0.25) is 0 Å². The van der Waals surface area contributed by atoms with E-state index in [2.05, 4.69) is 0 Å². The lowest BCUT2D eigenvalue weighted by atomic mass is 9.94. The van der Waals surface area contributed by atoms with E-state index in [1.165, 1.54) is 17.0 Å². The predicted octanol–water partition coefficient (Wildman–Crippen LogP) is 1.96. The van der Waals surface area contributed by atoms with Gasteiger partial charge in [-0.2, -0.15) is 0 Å². The molecule has 0 unspecified atom stereocenters. The Balaban J connectivity index is 1.59. The first-order chi connectivity index (χ1) is 12.8. The van der Waals surface area contributed by atoms with Gasteiger partial charge < -0.3 is 9.64 Å². The fraction of sp³-hybridized carbons (Fsp3) is 0.579. The maximum atomic E-state index is 12.3. The molecule has 1 aliphatic heterocycles. The number of hydrogen-bond donors (Lipinski definition) is 0. The second-order valence-electron chi connectivity index (χ2n) is 7.30. The number of benzene rings is 1. The smallest absolute Gasteiger partial charge is 0.338 e. The Morgan fingerprint density at radius 2 is 1.93 bits per heavy atom. The molecule has 0 aromatic heterocycles. The van der Waals surface area contributed by atoms with E-state index in [4.69, 9.17) is 4.74 Å². The lowest BCUT2D eigenvalue weighted by molar-refractivity contribution is -0.135. The summed E-state index contributed by atoms with van der Waals surface area (Å²) in [5, 5.41) is 0. The standard InChI is InChI=1S/C19H26N2O5S/c1-20(16-6-4-3-5-7-16)18(22)13-26-19(23)15-8-9-17-14(12-15)10-11-21(17)27(2,24)25/h8-9,12,16H,3-7,10-11,13H2,1-2H3. The molecule has 3 rings (SSSR count). The number of anilines is 1. The molecular weight excluding hydrogens is 368 g/mol. The van der Waals surface area contributed by atoms with Crippen LogP contribution in [0.4, 0.5) is 5.69 Å². The van der Waals surface area contributed by atoms with Gasteiger partial charge in [-0.25, -0.2) is 13.2 Å². The maximum absolute atomic E-state index is 12.3. The summed E-state index contributed by atoms with van der Waals surface area (Å²) in [7, 11) is -1.56. The molecule has 27 heavy (non-hydrogen) atoms. The number of hydrogen-bond acceptors (Lipinski definition) is 5. The monoisotopic (exact) mass is 394 g/mol. The summed E-state index contributed by atoms with van der Waals surface area (Å²) < 4.78 is 30.1. The molecule has 0 atom stereocenters. The highest BCUT2D eigenvalue weighted by molar-refractivity contribution is 7.92. The van der Waals surface area contributed by atoms with E-state index in [1.807, 2.05) is 0 Å². The Hall–Kier alpha value is -2.09. The molecular formula is C19H26N2O5S. The van der Waals surface area contributed by atoms with Crippen molar-refractivity contribution in [1.82, 2.24) is 4.90 Å². The van der Waals surface area contributed by atoms with Crippen molar-refractivity contribution in [3.8, 4) is 0 Å². The molecule has 1 aromatic carbocycles. The fourth-order valence-electron chi connectivity index (χ4n) is 3.83. The summed E-state index contributed by atoms with van der Waals surface area (Å²) >= 11 is 0. The number of carbonyl (C=O) groups is 2. The Morgan fingerprint density at radius 3 is 2.59 bits per heavy atom. The Kier molecular flexibility index (Phi) is 5.74. The minimum absolute atomic E-state index is 0.195. The number of rotatable bonds is 5. The van der Waals surface area contributed by atoms with Crippen LogP contribution >= 0.6 is 0 Å². The number of nitrogens with zero attached hydrogens (tertiary/aromatic N) is 2. The lowest BCUT2D eigenvalue weighted by Gasteiger charge is -2.31. The summed E-state index contributed by atoms with van der Waals surface area (Å²) in [6, 6.07) is 5.04. The lowest BCUT2D eigenvalue weighted by Crippen LogP contribution is -2.40. The number of carbonyl (C=O) groups excluding carboxylic acids is 2. The predicted molar refractivity (Wildman–Crippen MR) is 102 cm³/mol. The molecule has 0 spiro atoms. The quantitative estimate of drug-likeness (QED) is 0.713. The highest BCUT2D eigenvalue weighted by Gasteiger charge is 2.27. The van der Waals surface area contributed by atoms with Gasteiger partial charge in [0.1, 0.15) is 0 Å². The van der Waals surface area contributed by atoms with Crippen LogP contribution < -0.4 is 4.31 Å². The normalized spacial score (nSPS) is 17.5. The van der Waals surface area contributed by atoms with Gasteiger partial charge in [0.2, 0.25) is 10.0 Å². The van der Waals surface area contributed by atoms with Crippen molar-refractivity contribution in [2.24, 2.45) is 0 Å². The first-order valence-corrected chi connectivity index (χ1v) is 11.2. The molecule has 1 saturated carbocycles. The molecule has 1 fully saturated rings. The summed E-state index contributed by atoms with van der Waals surface area (Å²) in [6.07, 6.45) is 7.17. The Labute approximate surface area is 160 Å². The van der Waals surface area contributed by atoms with Crippen molar-refractivity contribution < 1.29 is 22.7 Å². The van der Waals surface area contributed by atoms with Gasteiger partial charge in [-0.05, 0) is 43.0 Å². The summed E-state index contributed by atoms with van der Waals surface area (Å²) in [5.74, 6) is -0.763. The summed E-state index contributed by atoms with van der Waals surface area (Å²) in [4.78, 5) is 26.3. The topological polar surface area (TPSA) is 84.0 Å². The van der Waals surface area contributed by atoms with Gasteiger partial charge in [0.25, 0.3) is 5.91 Å². The number of sulfonamides is 1. The fourth-order valence-corrected chi connectivity index (χ4v) is 4.79. The molecule has 8 heteroatoms. The van der Waals surface area contributed by atoms with Gasteiger partial charge in [-0.15, -0.1) is 0 Å². The van der Waals surface area contributed by atoms with Crippen LogP contribution in [-0.2, 0) is 26.0 Å². The summed E-state index contributed by atoms with van der Waals surface area (Å²) in [6.45, 7) is 0.0930. The van der Waals surface area contributed by atoms with Gasteiger partial charge in [0.05, 0.1) is 17.5 Å². The van der Waals surface area contributed by atoms with Crippen LogP contribution in [0.25, 0.3) is 0 Å². The van der Waals surface area contributed by atoms with E-state index < -0.39 is 16.0 Å². The zero-order valence-corrected chi connectivity index (χ0v) is 16.6. The van der Waals surface area contributed by atoms with Crippen molar-refractivity contribution in [1.29, 1.82) is 0 Å². The van der Waals surface area contributed by atoms with Crippen LogP contribution in [0.3, 0.4) is 0 Å². The van der Waals surface area contributed by atoms with E-state index in [0.717, 1.165) is 31.2 Å². The van der Waals surface area contributed by atoms with E-state index in [1.54, 1.807) is 30.1 Å². The molecule has 0 bridgehead atoms. The second-order valence-corrected chi connectivity index (χ2v) is 9.21. The second kappa shape index (κ2) is 7.88. The third-order valence-electron chi connectivity index (χ3n) is 5.41.